The third-order valence-electron chi connectivity index (χ3n) is 10.6. The molecule has 1 aliphatic heterocycles. The highest BCUT2D eigenvalue weighted by molar-refractivity contribution is 4.97. The maximum absolute atomic E-state index is 2.72. The van der Waals surface area contributed by atoms with Gasteiger partial charge in [0.15, 0.2) is 0 Å². The number of nitrogens with zero attached hydrogens (tertiary/aromatic N) is 2. The predicted octanol–water partition coefficient (Wildman–Crippen LogP) is 15.1. The molecule has 1 heterocycles. The Morgan fingerprint density at radius 3 is 0.778 bits per heavy atom. The molecule has 2 nitrogen and oxygen atoms in total. The molecule has 1 unspecified atom stereocenters. The van der Waals surface area contributed by atoms with Crippen LogP contribution in [0.5, 0.6) is 0 Å². The summed E-state index contributed by atoms with van der Waals surface area (Å²) >= 11 is 0. The zero-order valence-corrected chi connectivity index (χ0v) is 31.8. The van der Waals surface area contributed by atoms with Crippen LogP contribution < -0.4 is 0 Å². The Bertz CT molecular complexity index is 586. The summed E-state index contributed by atoms with van der Waals surface area (Å²) in [5, 5.41) is 0. The van der Waals surface area contributed by atoms with E-state index in [1.54, 1.807) is 0 Å². The highest BCUT2D eigenvalue weighted by atomic mass is 15.4. The van der Waals surface area contributed by atoms with Crippen molar-refractivity contribution in [3.8, 4) is 0 Å². The van der Waals surface area contributed by atoms with E-state index in [0.29, 0.717) is 6.17 Å². The van der Waals surface area contributed by atoms with Gasteiger partial charge in [0.1, 0.15) is 6.17 Å². The maximum Gasteiger partial charge on any atom is 0.101 e. The molecule has 0 N–H and O–H groups in total. The largest absolute Gasteiger partial charge is 0.356 e. The standard InChI is InChI=1S/C43H86N2/c1-4-7-10-13-15-17-19-21-22-23-24-26-28-30-32-35-38-43-44(39-36-33-12-9-6-3)41-42-45(43)40-37-34-31-29-27-25-20-18-16-14-11-8-5-2/h41-43H,4-40H2,1-3H3. The molecule has 0 radical (unpaired) electrons. The predicted molar refractivity (Wildman–Crippen MR) is 205 cm³/mol. The molecule has 1 aliphatic rings. The van der Waals surface area contributed by atoms with Gasteiger partial charge in [0.2, 0.25) is 0 Å². The molecule has 0 aromatic heterocycles. The van der Waals surface area contributed by atoms with E-state index in [-0.39, 0.29) is 0 Å². The summed E-state index contributed by atoms with van der Waals surface area (Å²) in [4.78, 5) is 5.43. The van der Waals surface area contributed by atoms with Crippen LogP contribution in [0.1, 0.15) is 245 Å². The minimum absolute atomic E-state index is 0.639. The molecule has 2 heteroatoms. The molecule has 0 saturated heterocycles. The molecule has 1 rings (SSSR count). The van der Waals surface area contributed by atoms with Crippen molar-refractivity contribution in [3.05, 3.63) is 12.4 Å². The van der Waals surface area contributed by atoms with Gasteiger partial charge in [-0.2, -0.15) is 0 Å². The number of hydrogen-bond donors (Lipinski definition) is 0. The van der Waals surface area contributed by atoms with Gasteiger partial charge in [-0.15, -0.1) is 0 Å². The number of hydrogen-bond acceptors (Lipinski definition) is 2. The second-order valence-corrected chi connectivity index (χ2v) is 15.0. The van der Waals surface area contributed by atoms with Crippen LogP contribution in [0.2, 0.25) is 0 Å². The van der Waals surface area contributed by atoms with Crippen molar-refractivity contribution in [1.29, 1.82) is 0 Å². The van der Waals surface area contributed by atoms with Crippen LogP contribution >= 0.6 is 0 Å². The van der Waals surface area contributed by atoms with E-state index < -0.39 is 0 Å². The van der Waals surface area contributed by atoms with E-state index in [2.05, 4.69) is 43.0 Å². The number of unbranched alkanes of at least 4 members (excludes halogenated alkanes) is 31. The van der Waals surface area contributed by atoms with E-state index >= 15 is 0 Å². The van der Waals surface area contributed by atoms with Crippen LogP contribution in [-0.2, 0) is 0 Å². The van der Waals surface area contributed by atoms with Gasteiger partial charge in [0.25, 0.3) is 0 Å². The normalized spacial score (nSPS) is 14.8. The maximum atomic E-state index is 2.72. The second kappa shape index (κ2) is 34.7. The van der Waals surface area contributed by atoms with Crippen molar-refractivity contribution in [2.24, 2.45) is 0 Å². The summed E-state index contributed by atoms with van der Waals surface area (Å²) in [6, 6.07) is 0. The van der Waals surface area contributed by atoms with Crippen molar-refractivity contribution in [3.63, 3.8) is 0 Å². The highest BCUT2D eigenvalue weighted by Gasteiger charge is 2.24. The summed E-state index contributed by atoms with van der Waals surface area (Å²) in [7, 11) is 0. The van der Waals surface area contributed by atoms with Crippen molar-refractivity contribution >= 4 is 0 Å². The molecular weight excluding hydrogens is 544 g/mol. The Morgan fingerprint density at radius 1 is 0.289 bits per heavy atom. The lowest BCUT2D eigenvalue weighted by molar-refractivity contribution is 0.135. The third kappa shape index (κ3) is 27.0. The van der Waals surface area contributed by atoms with E-state index in [9.17, 15) is 0 Å². The molecule has 0 aromatic rings. The van der Waals surface area contributed by atoms with Gasteiger partial charge in [-0.3, -0.25) is 0 Å². The second-order valence-electron chi connectivity index (χ2n) is 15.0. The molecule has 0 aromatic carbocycles. The van der Waals surface area contributed by atoms with Crippen LogP contribution in [0.3, 0.4) is 0 Å². The van der Waals surface area contributed by atoms with E-state index in [1.807, 2.05) is 0 Å². The summed E-state index contributed by atoms with van der Waals surface area (Å²) in [6.45, 7) is 9.48. The molecule has 0 aliphatic carbocycles. The molecule has 0 bridgehead atoms. The Hall–Kier alpha value is -0.660. The Labute approximate surface area is 286 Å². The fourth-order valence-corrected chi connectivity index (χ4v) is 7.42. The van der Waals surface area contributed by atoms with Crippen molar-refractivity contribution < 1.29 is 0 Å². The van der Waals surface area contributed by atoms with Crippen molar-refractivity contribution in [1.82, 2.24) is 9.80 Å². The fourth-order valence-electron chi connectivity index (χ4n) is 7.42. The first kappa shape index (κ1) is 42.4. The van der Waals surface area contributed by atoms with Gasteiger partial charge in [0, 0.05) is 25.5 Å². The Balaban J connectivity index is 2.12. The van der Waals surface area contributed by atoms with Crippen LogP contribution in [0.25, 0.3) is 0 Å². The average Bonchev–Trinajstić information content (AvgIpc) is 3.43. The van der Waals surface area contributed by atoms with Crippen LogP contribution in [0.15, 0.2) is 12.4 Å². The third-order valence-corrected chi connectivity index (χ3v) is 10.6. The Morgan fingerprint density at radius 2 is 0.511 bits per heavy atom. The first-order chi connectivity index (χ1) is 22.3. The molecule has 0 amide bonds. The topological polar surface area (TPSA) is 6.48 Å². The van der Waals surface area contributed by atoms with Gasteiger partial charge in [-0.05, 0) is 25.7 Å². The molecule has 0 saturated carbocycles. The van der Waals surface area contributed by atoms with Gasteiger partial charge in [-0.1, -0.05) is 220 Å². The van der Waals surface area contributed by atoms with Gasteiger partial charge < -0.3 is 9.80 Å². The first-order valence-electron chi connectivity index (χ1n) is 21.5. The molecule has 268 valence electrons. The summed E-state index contributed by atoms with van der Waals surface area (Å²) in [5.74, 6) is 0. The van der Waals surface area contributed by atoms with E-state index in [0.717, 1.165) is 0 Å². The molecular formula is C43H86N2. The van der Waals surface area contributed by atoms with Gasteiger partial charge in [0.05, 0.1) is 0 Å². The lowest BCUT2D eigenvalue weighted by atomic mass is 10.0. The zero-order chi connectivity index (χ0) is 32.3. The quantitative estimate of drug-likeness (QED) is 0.0630. The van der Waals surface area contributed by atoms with Crippen molar-refractivity contribution in [2.75, 3.05) is 13.1 Å². The average molecular weight is 631 g/mol. The van der Waals surface area contributed by atoms with E-state index in [1.165, 1.54) is 238 Å². The van der Waals surface area contributed by atoms with Crippen LogP contribution in [0, 0.1) is 0 Å². The molecule has 1 atom stereocenters. The SMILES string of the molecule is CCCCCCCCCCCCCCCCCCC1N(CCCCCCC)C=CN1CCCCCCCCCCCCCCC. The van der Waals surface area contributed by atoms with Gasteiger partial charge in [-0.25, -0.2) is 0 Å². The van der Waals surface area contributed by atoms with Gasteiger partial charge >= 0.3 is 0 Å². The fraction of sp³-hybridized carbons (Fsp3) is 0.953. The lowest BCUT2D eigenvalue weighted by Gasteiger charge is -2.33. The number of rotatable bonds is 37. The van der Waals surface area contributed by atoms with Crippen LogP contribution in [0.4, 0.5) is 0 Å². The minimum atomic E-state index is 0.639. The highest BCUT2D eigenvalue weighted by Crippen LogP contribution is 2.24. The molecule has 0 fully saturated rings. The Kier molecular flexibility index (Phi) is 32.6. The summed E-state index contributed by atoms with van der Waals surface area (Å²) in [5.41, 5.74) is 0. The zero-order valence-electron chi connectivity index (χ0n) is 31.8. The van der Waals surface area contributed by atoms with Crippen molar-refractivity contribution in [2.45, 2.75) is 252 Å². The monoisotopic (exact) mass is 631 g/mol. The summed E-state index contributed by atoms with van der Waals surface area (Å²) < 4.78 is 0. The summed E-state index contributed by atoms with van der Waals surface area (Å²) in [6.07, 6.45) is 55.9. The minimum Gasteiger partial charge on any atom is -0.356 e. The smallest absolute Gasteiger partial charge is 0.101 e. The van der Waals surface area contributed by atoms with Crippen LogP contribution in [-0.4, -0.2) is 29.1 Å². The first-order valence-corrected chi connectivity index (χ1v) is 21.5. The van der Waals surface area contributed by atoms with E-state index in [4.69, 9.17) is 0 Å². The molecule has 0 spiro atoms. The lowest BCUT2D eigenvalue weighted by Crippen LogP contribution is -2.39. The molecule has 45 heavy (non-hydrogen) atoms.